The lowest BCUT2D eigenvalue weighted by atomic mass is 10.2. The molecule has 9 heteroatoms. The van der Waals surface area contributed by atoms with Gasteiger partial charge in [-0.25, -0.2) is 0 Å². The Labute approximate surface area is 179 Å². The Kier molecular flexibility index (Phi) is 5.05. The summed E-state index contributed by atoms with van der Waals surface area (Å²) < 4.78 is 0. The zero-order valence-electron chi connectivity index (χ0n) is 16.7. The molecule has 1 amide bonds. The first-order valence-corrected chi connectivity index (χ1v) is 10.0. The number of benzene rings is 1. The van der Waals surface area contributed by atoms with E-state index in [1.165, 1.54) is 11.0 Å². The summed E-state index contributed by atoms with van der Waals surface area (Å²) in [6.07, 6.45) is 3.25. The second kappa shape index (κ2) is 8.31. The molecule has 1 aliphatic rings. The number of pyridine rings is 1. The Hall–Kier alpha value is -4.14. The first-order valence-electron chi connectivity index (χ1n) is 10.0. The standard InChI is InChI=1S/C22H20N8O/c31-22(20-16-24-30(27-20)17-6-2-1-3-7-17)29-14-12-28(13-15-29)21-10-9-19(25-26-21)18-8-4-5-11-23-18/h1-11,16H,12-15H2. The van der Waals surface area contributed by atoms with E-state index in [2.05, 4.69) is 30.3 Å². The summed E-state index contributed by atoms with van der Waals surface area (Å²) >= 11 is 0. The minimum atomic E-state index is -0.113. The van der Waals surface area contributed by atoms with Gasteiger partial charge in [0, 0.05) is 32.4 Å². The molecule has 0 bridgehead atoms. The third-order valence-electron chi connectivity index (χ3n) is 5.17. The molecule has 9 nitrogen and oxygen atoms in total. The van der Waals surface area contributed by atoms with Crippen molar-refractivity contribution in [3.63, 3.8) is 0 Å². The maximum Gasteiger partial charge on any atom is 0.276 e. The summed E-state index contributed by atoms with van der Waals surface area (Å²) in [4.78, 5) is 22.5. The van der Waals surface area contributed by atoms with Crippen LogP contribution in [0.4, 0.5) is 5.82 Å². The highest BCUT2D eigenvalue weighted by molar-refractivity contribution is 5.92. The Morgan fingerprint density at radius 1 is 0.806 bits per heavy atom. The first-order chi connectivity index (χ1) is 15.3. The van der Waals surface area contributed by atoms with Crippen LogP contribution >= 0.6 is 0 Å². The van der Waals surface area contributed by atoms with Crippen molar-refractivity contribution in [1.29, 1.82) is 0 Å². The summed E-state index contributed by atoms with van der Waals surface area (Å²) in [5.74, 6) is 0.681. The highest BCUT2D eigenvalue weighted by Gasteiger charge is 2.25. The molecule has 0 aliphatic carbocycles. The van der Waals surface area contributed by atoms with Crippen LogP contribution in [-0.4, -0.2) is 67.2 Å². The zero-order valence-corrected chi connectivity index (χ0v) is 16.7. The normalized spacial score (nSPS) is 13.9. The van der Waals surface area contributed by atoms with Crippen molar-refractivity contribution in [2.75, 3.05) is 31.1 Å². The highest BCUT2D eigenvalue weighted by Crippen LogP contribution is 2.18. The fourth-order valence-corrected chi connectivity index (χ4v) is 3.49. The van der Waals surface area contributed by atoms with Gasteiger partial charge >= 0.3 is 0 Å². The van der Waals surface area contributed by atoms with E-state index in [4.69, 9.17) is 0 Å². The fraction of sp³-hybridized carbons (Fsp3) is 0.182. The smallest absolute Gasteiger partial charge is 0.276 e. The van der Waals surface area contributed by atoms with E-state index in [0.717, 1.165) is 22.9 Å². The minimum Gasteiger partial charge on any atom is -0.352 e. The maximum atomic E-state index is 12.8. The molecule has 31 heavy (non-hydrogen) atoms. The molecule has 5 rings (SSSR count). The van der Waals surface area contributed by atoms with Gasteiger partial charge < -0.3 is 9.80 Å². The molecule has 1 aliphatic heterocycles. The lowest BCUT2D eigenvalue weighted by Gasteiger charge is -2.34. The van der Waals surface area contributed by atoms with Crippen LogP contribution in [0.15, 0.2) is 73.1 Å². The molecule has 0 spiro atoms. The van der Waals surface area contributed by atoms with Crippen molar-refractivity contribution in [1.82, 2.24) is 35.1 Å². The average Bonchev–Trinajstić information content (AvgIpc) is 3.35. The topological polar surface area (TPSA) is 92.9 Å². The van der Waals surface area contributed by atoms with Crippen molar-refractivity contribution < 1.29 is 4.79 Å². The van der Waals surface area contributed by atoms with Gasteiger partial charge in [0.15, 0.2) is 11.5 Å². The van der Waals surface area contributed by atoms with Gasteiger partial charge in [0.05, 0.1) is 17.6 Å². The first kappa shape index (κ1) is 18.9. The van der Waals surface area contributed by atoms with Gasteiger partial charge in [-0.2, -0.15) is 9.90 Å². The number of para-hydroxylation sites is 1. The molecule has 0 atom stereocenters. The van der Waals surface area contributed by atoms with Crippen molar-refractivity contribution in [3.8, 4) is 17.1 Å². The summed E-state index contributed by atoms with van der Waals surface area (Å²) in [6, 6.07) is 19.1. The van der Waals surface area contributed by atoms with Crippen molar-refractivity contribution >= 4 is 11.7 Å². The fourth-order valence-electron chi connectivity index (χ4n) is 3.49. The predicted molar refractivity (Wildman–Crippen MR) is 115 cm³/mol. The van der Waals surface area contributed by atoms with Gasteiger partial charge in [-0.15, -0.1) is 15.3 Å². The molecule has 0 unspecified atom stereocenters. The second-order valence-corrected chi connectivity index (χ2v) is 7.13. The van der Waals surface area contributed by atoms with Crippen LogP contribution in [0.25, 0.3) is 17.1 Å². The molecular weight excluding hydrogens is 392 g/mol. The largest absolute Gasteiger partial charge is 0.352 e. The Balaban J connectivity index is 1.21. The van der Waals surface area contributed by atoms with E-state index in [9.17, 15) is 4.79 Å². The van der Waals surface area contributed by atoms with Crippen LogP contribution in [0, 0.1) is 0 Å². The maximum absolute atomic E-state index is 12.8. The lowest BCUT2D eigenvalue weighted by Crippen LogP contribution is -2.49. The Morgan fingerprint density at radius 2 is 1.61 bits per heavy atom. The van der Waals surface area contributed by atoms with Crippen LogP contribution in [-0.2, 0) is 0 Å². The molecule has 154 valence electrons. The van der Waals surface area contributed by atoms with E-state index in [0.29, 0.717) is 31.9 Å². The lowest BCUT2D eigenvalue weighted by molar-refractivity contribution is 0.0740. The zero-order chi connectivity index (χ0) is 21.0. The van der Waals surface area contributed by atoms with Crippen LogP contribution in [0.5, 0.6) is 0 Å². The predicted octanol–water partition coefficient (Wildman–Crippen LogP) is 2.08. The van der Waals surface area contributed by atoms with E-state index in [1.807, 2.05) is 60.7 Å². The van der Waals surface area contributed by atoms with Gasteiger partial charge in [-0.3, -0.25) is 9.78 Å². The van der Waals surface area contributed by atoms with Crippen LogP contribution in [0.1, 0.15) is 10.5 Å². The molecule has 0 radical (unpaired) electrons. The number of anilines is 1. The van der Waals surface area contributed by atoms with Crippen LogP contribution in [0.3, 0.4) is 0 Å². The summed E-state index contributed by atoms with van der Waals surface area (Å²) in [6.45, 7) is 2.52. The number of piperazine rings is 1. The average molecular weight is 412 g/mol. The number of aromatic nitrogens is 6. The molecule has 1 fully saturated rings. The number of rotatable bonds is 4. The quantitative estimate of drug-likeness (QED) is 0.507. The van der Waals surface area contributed by atoms with E-state index in [-0.39, 0.29) is 5.91 Å². The van der Waals surface area contributed by atoms with E-state index < -0.39 is 0 Å². The number of carbonyl (C=O) groups is 1. The monoisotopic (exact) mass is 412 g/mol. The number of carbonyl (C=O) groups excluding carboxylic acids is 1. The highest BCUT2D eigenvalue weighted by atomic mass is 16.2. The van der Waals surface area contributed by atoms with E-state index >= 15 is 0 Å². The van der Waals surface area contributed by atoms with Gasteiger partial charge in [0.25, 0.3) is 5.91 Å². The molecule has 4 heterocycles. The second-order valence-electron chi connectivity index (χ2n) is 7.13. The molecule has 3 aromatic heterocycles. The summed E-state index contributed by atoms with van der Waals surface area (Å²) in [5, 5.41) is 17.2. The molecule has 0 N–H and O–H groups in total. The van der Waals surface area contributed by atoms with Gasteiger partial charge in [0.1, 0.15) is 5.69 Å². The molecule has 1 aromatic carbocycles. The third-order valence-corrected chi connectivity index (χ3v) is 5.17. The Bertz CT molecular complexity index is 1150. The minimum absolute atomic E-state index is 0.113. The van der Waals surface area contributed by atoms with Gasteiger partial charge in [-0.1, -0.05) is 24.3 Å². The number of hydrogen-bond donors (Lipinski definition) is 0. The van der Waals surface area contributed by atoms with Crippen molar-refractivity contribution in [3.05, 3.63) is 78.8 Å². The van der Waals surface area contributed by atoms with Crippen LogP contribution < -0.4 is 4.90 Å². The molecule has 4 aromatic rings. The van der Waals surface area contributed by atoms with Crippen molar-refractivity contribution in [2.24, 2.45) is 0 Å². The van der Waals surface area contributed by atoms with Gasteiger partial charge in [-0.05, 0) is 36.4 Å². The van der Waals surface area contributed by atoms with Gasteiger partial charge in [0.2, 0.25) is 0 Å². The van der Waals surface area contributed by atoms with Crippen molar-refractivity contribution in [2.45, 2.75) is 0 Å². The summed E-state index contributed by atoms with van der Waals surface area (Å²) in [5.41, 5.74) is 2.69. The number of nitrogens with zero attached hydrogens (tertiary/aromatic N) is 8. The number of hydrogen-bond acceptors (Lipinski definition) is 7. The van der Waals surface area contributed by atoms with E-state index in [1.54, 1.807) is 11.1 Å². The third kappa shape index (κ3) is 3.97. The number of amides is 1. The van der Waals surface area contributed by atoms with Crippen LogP contribution in [0.2, 0.25) is 0 Å². The molecule has 1 saturated heterocycles. The summed E-state index contributed by atoms with van der Waals surface area (Å²) in [7, 11) is 0. The Morgan fingerprint density at radius 3 is 2.32 bits per heavy atom. The molecule has 0 saturated carbocycles. The SMILES string of the molecule is O=C(c1cnn(-c2ccccc2)n1)N1CCN(c2ccc(-c3ccccn3)nn2)CC1. The molecular formula is C22H20N8O.